The van der Waals surface area contributed by atoms with Gasteiger partial charge in [0.25, 0.3) is 0 Å². The lowest BCUT2D eigenvalue weighted by Crippen LogP contribution is -2.27. The summed E-state index contributed by atoms with van der Waals surface area (Å²) in [6, 6.07) is 6.82. The smallest absolute Gasteiger partial charge is 0.0303 e. The molecule has 0 radical (unpaired) electrons. The minimum absolute atomic E-state index is 0.404. The first-order valence-electron chi connectivity index (χ1n) is 6.75. The van der Waals surface area contributed by atoms with Crippen molar-refractivity contribution in [3.63, 3.8) is 0 Å². The Balaban J connectivity index is 1.93. The molecule has 3 heteroatoms. The molecule has 0 spiro atoms. The van der Waals surface area contributed by atoms with E-state index in [2.05, 4.69) is 69.2 Å². The van der Waals surface area contributed by atoms with Crippen LogP contribution in [-0.4, -0.2) is 6.54 Å². The van der Waals surface area contributed by atoms with Gasteiger partial charge in [-0.3, -0.25) is 0 Å². The summed E-state index contributed by atoms with van der Waals surface area (Å²) in [4.78, 5) is 0. The normalized spacial score (nSPS) is 18.7. The molecule has 0 heterocycles. The van der Waals surface area contributed by atoms with Crippen LogP contribution in [0.2, 0.25) is 0 Å². The number of halogens is 2. The largest absolute Gasteiger partial charge is 0.310 e. The molecule has 1 aromatic rings. The Morgan fingerprint density at radius 3 is 2.61 bits per heavy atom. The average molecular weight is 375 g/mol. The molecule has 2 rings (SSSR count). The maximum Gasteiger partial charge on any atom is 0.0303 e. The first-order chi connectivity index (χ1) is 8.56. The molecule has 0 amide bonds. The van der Waals surface area contributed by atoms with E-state index in [4.69, 9.17) is 0 Å². The van der Waals surface area contributed by atoms with E-state index < -0.39 is 0 Å². The van der Waals surface area contributed by atoms with Crippen LogP contribution in [0, 0.1) is 5.41 Å². The minimum atomic E-state index is 0.404. The third kappa shape index (κ3) is 3.58. The molecule has 1 nitrogen and oxygen atoms in total. The van der Waals surface area contributed by atoms with Gasteiger partial charge in [-0.1, -0.05) is 51.3 Å². The topological polar surface area (TPSA) is 12.0 Å². The second kappa shape index (κ2) is 6.06. The van der Waals surface area contributed by atoms with E-state index >= 15 is 0 Å². The number of hydrogen-bond acceptors (Lipinski definition) is 1. The van der Waals surface area contributed by atoms with Crippen molar-refractivity contribution in [2.45, 2.75) is 45.6 Å². The molecule has 0 saturated heterocycles. The minimum Gasteiger partial charge on any atom is -0.310 e. The van der Waals surface area contributed by atoms with Crippen LogP contribution < -0.4 is 5.32 Å². The molecule has 0 bridgehead atoms. The number of rotatable bonds is 6. The van der Waals surface area contributed by atoms with E-state index in [0.717, 1.165) is 11.0 Å². The second-order valence-corrected chi connectivity index (χ2v) is 7.29. The van der Waals surface area contributed by atoms with Crippen molar-refractivity contribution < 1.29 is 0 Å². The Kier molecular flexibility index (Phi) is 4.90. The van der Waals surface area contributed by atoms with Crippen LogP contribution in [0.3, 0.4) is 0 Å². The Labute approximate surface area is 127 Å². The zero-order chi connectivity index (χ0) is 13.2. The molecule has 0 aromatic heterocycles. The van der Waals surface area contributed by atoms with Crippen LogP contribution in [0.5, 0.6) is 0 Å². The van der Waals surface area contributed by atoms with Crippen LogP contribution >= 0.6 is 31.9 Å². The van der Waals surface area contributed by atoms with Gasteiger partial charge in [-0.25, -0.2) is 0 Å². The first-order valence-corrected chi connectivity index (χ1v) is 8.33. The van der Waals surface area contributed by atoms with Gasteiger partial charge in [0.1, 0.15) is 0 Å². The molecular weight excluding hydrogens is 354 g/mol. The summed E-state index contributed by atoms with van der Waals surface area (Å²) in [5, 5.41) is 3.70. The van der Waals surface area contributed by atoms with Crippen LogP contribution in [0.25, 0.3) is 0 Å². The third-order valence-electron chi connectivity index (χ3n) is 3.95. The molecule has 1 aliphatic carbocycles. The molecule has 1 unspecified atom stereocenters. The highest BCUT2D eigenvalue weighted by atomic mass is 79.9. The van der Waals surface area contributed by atoms with Gasteiger partial charge in [0, 0.05) is 21.5 Å². The quantitative estimate of drug-likeness (QED) is 0.698. The van der Waals surface area contributed by atoms with Crippen molar-refractivity contribution in [1.82, 2.24) is 5.32 Å². The predicted octanol–water partition coefficient (Wildman–Crippen LogP) is 5.44. The van der Waals surface area contributed by atoms with Gasteiger partial charge >= 0.3 is 0 Å². The summed E-state index contributed by atoms with van der Waals surface area (Å²) in [7, 11) is 0. The Hall–Kier alpha value is 0.140. The van der Waals surface area contributed by atoms with Crippen molar-refractivity contribution in [3.8, 4) is 0 Å². The fraction of sp³-hybridized carbons (Fsp3) is 0.600. The third-order valence-corrected chi connectivity index (χ3v) is 5.13. The summed E-state index contributed by atoms with van der Waals surface area (Å²) in [6.45, 7) is 5.69. The van der Waals surface area contributed by atoms with E-state index in [1.54, 1.807) is 0 Å². The van der Waals surface area contributed by atoms with Gasteiger partial charge in [0.05, 0.1) is 0 Å². The van der Waals surface area contributed by atoms with Crippen LogP contribution in [0.1, 0.15) is 51.1 Å². The van der Waals surface area contributed by atoms with E-state index in [-0.39, 0.29) is 0 Å². The zero-order valence-corrected chi connectivity index (χ0v) is 14.3. The summed E-state index contributed by atoms with van der Waals surface area (Å²) in [6.07, 6.45) is 5.48. The molecule has 1 aromatic carbocycles. The molecule has 0 aliphatic heterocycles. The molecule has 1 saturated carbocycles. The van der Waals surface area contributed by atoms with Crippen LogP contribution in [0.4, 0.5) is 0 Å². The van der Waals surface area contributed by atoms with Gasteiger partial charge in [0.15, 0.2) is 0 Å². The predicted molar refractivity (Wildman–Crippen MR) is 84.8 cm³/mol. The monoisotopic (exact) mass is 373 g/mol. The fourth-order valence-electron chi connectivity index (χ4n) is 2.55. The van der Waals surface area contributed by atoms with E-state index in [9.17, 15) is 0 Å². The molecule has 1 atom stereocenters. The molecule has 1 N–H and O–H groups in total. The first kappa shape index (κ1) is 14.5. The maximum atomic E-state index is 3.70. The van der Waals surface area contributed by atoms with E-state index in [1.165, 1.54) is 35.7 Å². The van der Waals surface area contributed by atoms with Gasteiger partial charge in [-0.15, -0.1) is 0 Å². The second-order valence-electron chi connectivity index (χ2n) is 5.52. The highest BCUT2D eigenvalue weighted by Crippen LogP contribution is 2.49. The zero-order valence-electron chi connectivity index (χ0n) is 11.1. The van der Waals surface area contributed by atoms with Crippen molar-refractivity contribution in [2.24, 2.45) is 5.41 Å². The summed E-state index contributed by atoms with van der Waals surface area (Å²) in [5.41, 5.74) is 1.95. The molecular formula is C15H21Br2N. The average Bonchev–Trinajstić information content (AvgIpc) is 3.07. The Morgan fingerprint density at radius 1 is 1.33 bits per heavy atom. The van der Waals surface area contributed by atoms with Gasteiger partial charge in [-0.2, -0.15) is 0 Å². The lowest BCUT2D eigenvalue weighted by molar-refractivity contribution is 0.397. The van der Waals surface area contributed by atoms with E-state index in [0.29, 0.717) is 11.5 Å². The lowest BCUT2D eigenvalue weighted by atomic mass is 9.99. The van der Waals surface area contributed by atoms with Gasteiger partial charge in [-0.05, 0) is 49.3 Å². The highest BCUT2D eigenvalue weighted by Gasteiger charge is 2.41. The Bertz CT molecular complexity index is 413. The van der Waals surface area contributed by atoms with Crippen molar-refractivity contribution in [1.29, 1.82) is 0 Å². The van der Waals surface area contributed by atoms with Gasteiger partial charge in [0.2, 0.25) is 0 Å². The maximum absolute atomic E-state index is 3.70. The van der Waals surface area contributed by atoms with E-state index in [1.807, 2.05) is 0 Å². The molecule has 18 heavy (non-hydrogen) atoms. The van der Waals surface area contributed by atoms with Crippen molar-refractivity contribution in [3.05, 3.63) is 32.7 Å². The SMILES string of the molecule is CCCC1(CNC(C)c2ccc(Br)cc2Br)CC1. The van der Waals surface area contributed by atoms with Crippen LogP contribution in [-0.2, 0) is 0 Å². The molecule has 1 aliphatic rings. The fourth-order valence-corrected chi connectivity index (χ4v) is 3.94. The summed E-state index contributed by atoms with van der Waals surface area (Å²) >= 11 is 7.14. The summed E-state index contributed by atoms with van der Waals surface area (Å²) in [5.74, 6) is 0. The van der Waals surface area contributed by atoms with Gasteiger partial charge < -0.3 is 5.32 Å². The van der Waals surface area contributed by atoms with Crippen molar-refractivity contribution >= 4 is 31.9 Å². The van der Waals surface area contributed by atoms with Crippen molar-refractivity contribution in [2.75, 3.05) is 6.54 Å². The van der Waals surface area contributed by atoms with Crippen LogP contribution in [0.15, 0.2) is 27.1 Å². The lowest BCUT2D eigenvalue weighted by Gasteiger charge is -2.21. The molecule has 1 fully saturated rings. The number of benzene rings is 1. The number of nitrogens with one attached hydrogen (secondary N) is 1. The standard InChI is InChI=1S/C15H21Br2N/c1-3-6-15(7-8-15)10-18-11(2)13-5-4-12(16)9-14(13)17/h4-5,9,11,18H,3,6-8,10H2,1-2H3. The Morgan fingerprint density at radius 2 is 2.06 bits per heavy atom. The highest BCUT2D eigenvalue weighted by molar-refractivity contribution is 9.11. The molecule has 100 valence electrons. The summed E-state index contributed by atoms with van der Waals surface area (Å²) < 4.78 is 2.30. The number of hydrogen-bond donors (Lipinski definition) is 1.